The van der Waals surface area contributed by atoms with Crippen LogP contribution in [-0.4, -0.2) is 17.3 Å². The Labute approximate surface area is 153 Å². The van der Waals surface area contributed by atoms with Crippen LogP contribution in [0.2, 0.25) is 5.02 Å². The van der Waals surface area contributed by atoms with Gasteiger partial charge >= 0.3 is 0 Å². The standard InChI is InChI=1S/C20H24ClNOS/c1-20(22,15-23)14-13-19-12-11-18(24-19)6-4-2-3-5-16-7-9-17(21)10-8-16/h7-12,23H,2-3,5,13-15,22H2,1H3. The molecule has 1 aromatic carbocycles. The van der Waals surface area contributed by atoms with Crippen LogP contribution < -0.4 is 5.73 Å². The van der Waals surface area contributed by atoms with E-state index in [1.54, 1.807) is 11.3 Å². The van der Waals surface area contributed by atoms with Crippen LogP contribution in [0.15, 0.2) is 36.4 Å². The van der Waals surface area contributed by atoms with Crippen molar-refractivity contribution in [3.63, 3.8) is 0 Å². The number of thiophene rings is 1. The maximum atomic E-state index is 9.19. The Morgan fingerprint density at radius 3 is 2.62 bits per heavy atom. The zero-order valence-corrected chi connectivity index (χ0v) is 15.6. The molecule has 0 saturated carbocycles. The van der Waals surface area contributed by atoms with Gasteiger partial charge in [-0.2, -0.15) is 0 Å². The summed E-state index contributed by atoms with van der Waals surface area (Å²) in [6.07, 6.45) is 4.63. The minimum absolute atomic E-state index is 0.0126. The largest absolute Gasteiger partial charge is 0.394 e. The van der Waals surface area contributed by atoms with Crippen LogP contribution in [0, 0.1) is 11.8 Å². The fourth-order valence-corrected chi connectivity index (χ4v) is 3.26. The van der Waals surface area contributed by atoms with Crippen LogP contribution in [0.5, 0.6) is 0 Å². The second-order valence-corrected chi connectivity index (χ2v) is 7.96. The molecule has 2 aromatic rings. The van der Waals surface area contributed by atoms with Gasteiger partial charge in [0.15, 0.2) is 0 Å². The van der Waals surface area contributed by atoms with E-state index in [2.05, 4.69) is 36.1 Å². The summed E-state index contributed by atoms with van der Waals surface area (Å²) in [4.78, 5) is 2.37. The lowest BCUT2D eigenvalue weighted by atomic mass is 9.98. The van der Waals surface area contributed by atoms with E-state index in [1.165, 1.54) is 10.4 Å². The zero-order valence-electron chi connectivity index (χ0n) is 14.0. The lowest BCUT2D eigenvalue weighted by molar-refractivity contribution is 0.201. The third-order valence-corrected chi connectivity index (χ3v) is 5.17. The predicted molar refractivity (Wildman–Crippen MR) is 104 cm³/mol. The van der Waals surface area contributed by atoms with Gasteiger partial charge in [0, 0.05) is 21.9 Å². The molecule has 0 aliphatic carbocycles. The minimum atomic E-state index is -0.502. The first-order valence-corrected chi connectivity index (χ1v) is 9.40. The van der Waals surface area contributed by atoms with E-state index < -0.39 is 5.54 Å². The molecule has 3 N–H and O–H groups in total. The Morgan fingerprint density at radius 2 is 1.92 bits per heavy atom. The van der Waals surface area contributed by atoms with Gasteiger partial charge in [0.05, 0.1) is 11.5 Å². The maximum Gasteiger partial charge on any atom is 0.0771 e. The van der Waals surface area contributed by atoms with Gasteiger partial charge in [-0.3, -0.25) is 0 Å². The quantitative estimate of drug-likeness (QED) is 0.566. The van der Waals surface area contributed by atoms with Gasteiger partial charge in [0.25, 0.3) is 0 Å². The minimum Gasteiger partial charge on any atom is -0.394 e. The van der Waals surface area contributed by atoms with Gasteiger partial charge in [0.2, 0.25) is 0 Å². The molecule has 0 spiro atoms. The molecule has 4 heteroatoms. The highest BCUT2D eigenvalue weighted by molar-refractivity contribution is 7.12. The molecule has 0 amide bonds. The summed E-state index contributed by atoms with van der Waals surface area (Å²) in [5.74, 6) is 6.49. The van der Waals surface area contributed by atoms with E-state index in [9.17, 15) is 5.11 Å². The molecule has 2 nitrogen and oxygen atoms in total. The number of hydrogen-bond acceptors (Lipinski definition) is 3. The van der Waals surface area contributed by atoms with Crippen LogP contribution in [0.4, 0.5) is 0 Å². The summed E-state index contributed by atoms with van der Waals surface area (Å²) in [5.41, 5.74) is 6.76. The summed E-state index contributed by atoms with van der Waals surface area (Å²) >= 11 is 7.59. The topological polar surface area (TPSA) is 46.2 Å². The second-order valence-electron chi connectivity index (χ2n) is 6.36. The van der Waals surface area contributed by atoms with Gasteiger partial charge in [-0.25, -0.2) is 0 Å². The molecular formula is C20H24ClNOS. The first-order chi connectivity index (χ1) is 11.5. The first-order valence-electron chi connectivity index (χ1n) is 8.20. The van der Waals surface area contributed by atoms with Crippen LogP contribution in [0.25, 0.3) is 0 Å². The van der Waals surface area contributed by atoms with Crippen molar-refractivity contribution in [1.29, 1.82) is 0 Å². The van der Waals surface area contributed by atoms with E-state index in [1.807, 2.05) is 19.1 Å². The highest BCUT2D eigenvalue weighted by Gasteiger charge is 2.16. The van der Waals surface area contributed by atoms with Crippen molar-refractivity contribution >= 4 is 22.9 Å². The van der Waals surface area contributed by atoms with Crippen molar-refractivity contribution in [2.75, 3.05) is 6.61 Å². The van der Waals surface area contributed by atoms with Crippen molar-refractivity contribution in [2.24, 2.45) is 5.73 Å². The lowest BCUT2D eigenvalue weighted by Gasteiger charge is -2.20. The monoisotopic (exact) mass is 361 g/mol. The normalized spacial score (nSPS) is 13.2. The molecule has 0 aliphatic rings. The van der Waals surface area contributed by atoms with Gasteiger partial charge in [-0.15, -0.1) is 11.3 Å². The molecule has 1 atom stereocenters. The molecular weight excluding hydrogens is 338 g/mol. The summed E-state index contributed by atoms with van der Waals surface area (Å²) in [7, 11) is 0. The summed E-state index contributed by atoms with van der Waals surface area (Å²) in [5, 5.41) is 9.97. The number of hydrogen-bond donors (Lipinski definition) is 2. The molecule has 0 aliphatic heterocycles. The van der Waals surface area contributed by atoms with Crippen LogP contribution in [-0.2, 0) is 12.8 Å². The Morgan fingerprint density at radius 1 is 1.17 bits per heavy atom. The lowest BCUT2D eigenvalue weighted by Crippen LogP contribution is -2.40. The Kier molecular flexibility index (Phi) is 7.33. The van der Waals surface area contributed by atoms with E-state index in [-0.39, 0.29) is 6.61 Å². The Hall–Kier alpha value is -1.31. The number of unbranched alkanes of at least 4 members (excludes halogenated alkanes) is 1. The number of aliphatic hydroxyl groups excluding tert-OH is 1. The molecule has 24 heavy (non-hydrogen) atoms. The van der Waals surface area contributed by atoms with Gasteiger partial charge in [-0.05, 0) is 62.4 Å². The van der Waals surface area contributed by atoms with Crippen LogP contribution >= 0.6 is 22.9 Å². The number of rotatable bonds is 7. The number of aliphatic hydroxyl groups is 1. The van der Waals surface area contributed by atoms with Crippen molar-refractivity contribution < 1.29 is 5.11 Å². The molecule has 1 aromatic heterocycles. The Bertz CT molecular complexity index is 694. The van der Waals surface area contributed by atoms with Crippen molar-refractivity contribution in [3.8, 4) is 11.8 Å². The molecule has 0 fully saturated rings. The average Bonchev–Trinajstić information content (AvgIpc) is 3.02. The first kappa shape index (κ1) is 19.0. The molecule has 0 radical (unpaired) electrons. The van der Waals surface area contributed by atoms with Crippen molar-refractivity contribution in [3.05, 3.63) is 56.7 Å². The van der Waals surface area contributed by atoms with Crippen molar-refractivity contribution in [2.45, 2.75) is 44.6 Å². The predicted octanol–water partition coefficient (Wildman–Crippen LogP) is 4.42. The SMILES string of the molecule is CC(N)(CO)CCc1ccc(C#CCCCc2ccc(Cl)cc2)s1. The molecule has 1 heterocycles. The van der Waals surface area contributed by atoms with E-state index in [0.717, 1.165) is 42.0 Å². The fourth-order valence-electron chi connectivity index (χ4n) is 2.25. The molecule has 1 unspecified atom stereocenters. The molecule has 0 bridgehead atoms. The number of aryl methyl sites for hydroxylation is 2. The summed E-state index contributed by atoms with van der Waals surface area (Å²) < 4.78 is 0. The van der Waals surface area contributed by atoms with Gasteiger partial charge in [-0.1, -0.05) is 35.6 Å². The van der Waals surface area contributed by atoms with Crippen LogP contribution in [0.1, 0.15) is 41.5 Å². The van der Waals surface area contributed by atoms with Crippen LogP contribution in [0.3, 0.4) is 0 Å². The summed E-state index contributed by atoms with van der Waals surface area (Å²) in [6.45, 7) is 1.89. The Balaban J connectivity index is 1.74. The summed E-state index contributed by atoms with van der Waals surface area (Å²) in [6, 6.07) is 12.2. The zero-order chi connectivity index (χ0) is 17.4. The van der Waals surface area contributed by atoms with Crippen molar-refractivity contribution in [1.82, 2.24) is 0 Å². The number of halogens is 1. The molecule has 0 saturated heterocycles. The second kappa shape index (κ2) is 9.25. The van der Waals surface area contributed by atoms with Gasteiger partial charge < -0.3 is 10.8 Å². The number of nitrogens with two attached hydrogens (primary N) is 1. The maximum absolute atomic E-state index is 9.19. The third kappa shape index (κ3) is 6.67. The van der Waals surface area contributed by atoms with E-state index >= 15 is 0 Å². The highest BCUT2D eigenvalue weighted by Crippen LogP contribution is 2.19. The average molecular weight is 362 g/mol. The molecule has 128 valence electrons. The fraction of sp³-hybridized carbons (Fsp3) is 0.400. The molecule has 2 rings (SSSR count). The smallest absolute Gasteiger partial charge is 0.0771 e. The highest BCUT2D eigenvalue weighted by atomic mass is 35.5. The van der Waals surface area contributed by atoms with E-state index in [4.69, 9.17) is 17.3 Å². The third-order valence-electron chi connectivity index (χ3n) is 3.86. The number of benzene rings is 1. The van der Waals surface area contributed by atoms with E-state index in [0.29, 0.717) is 0 Å². The van der Waals surface area contributed by atoms with Gasteiger partial charge in [0.1, 0.15) is 0 Å².